The van der Waals surface area contributed by atoms with Gasteiger partial charge in [-0.3, -0.25) is 0 Å². The molecule has 2 aliphatic heterocycles. The van der Waals surface area contributed by atoms with E-state index in [2.05, 4.69) is 5.32 Å². The lowest BCUT2D eigenvalue weighted by Gasteiger charge is -2.22. The number of halogens is 1. The highest BCUT2D eigenvalue weighted by atomic mass is 32.2. The Hall–Kier alpha value is -1.03. The molecule has 2 heterocycles. The molecular weight excluding hydrogens is 369 g/mol. The molecule has 1 unspecified atom stereocenters. The van der Waals surface area contributed by atoms with Gasteiger partial charge in [0.15, 0.2) is 19.7 Å². The molecule has 1 aromatic carbocycles. The fraction of sp³-hybridized carbons (Fsp3) is 0.625. The molecule has 2 saturated heterocycles. The molecule has 0 saturated carbocycles. The van der Waals surface area contributed by atoms with Crippen LogP contribution in [0.15, 0.2) is 23.1 Å². The minimum atomic E-state index is -4.12. The van der Waals surface area contributed by atoms with Crippen LogP contribution in [0.1, 0.15) is 18.4 Å². The van der Waals surface area contributed by atoms with Gasteiger partial charge in [0, 0.05) is 19.2 Å². The quantitative estimate of drug-likeness (QED) is 0.800. The molecule has 6 nitrogen and oxygen atoms in total. The first-order valence-corrected chi connectivity index (χ1v) is 11.6. The van der Waals surface area contributed by atoms with Crippen molar-refractivity contribution in [2.24, 2.45) is 0 Å². The smallest absolute Gasteiger partial charge is 0.186 e. The summed E-state index contributed by atoms with van der Waals surface area (Å²) >= 11 is 0. The van der Waals surface area contributed by atoms with E-state index in [1.54, 1.807) is 6.92 Å². The van der Waals surface area contributed by atoms with Gasteiger partial charge in [-0.25, -0.2) is 21.2 Å². The van der Waals surface area contributed by atoms with Crippen molar-refractivity contribution in [1.29, 1.82) is 0 Å². The van der Waals surface area contributed by atoms with Crippen LogP contribution in [0.4, 0.5) is 4.39 Å². The Kier molecular flexibility index (Phi) is 5.21. The van der Waals surface area contributed by atoms with Crippen LogP contribution < -0.4 is 5.32 Å². The van der Waals surface area contributed by atoms with Gasteiger partial charge in [-0.15, -0.1) is 0 Å². The molecule has 9 heteroatoms. The zero-order valence-corrected chi connectivity index (χ0v) is 15.6. The van der Waals surface area contributed by atoms with Crippen LogP contribution in [0.3, 0.4) is 0 Å². The number of sulfone groups is 2. The topological polar surface area (TPSA) is 89.5 Å². The predicted molar refractivity (Wildman–Crippen MR) is 91.5 cm³/mol. The number of aryl methyl sites for hydroxylation is 1. The predicted octanol–water partition coefficient (Wildman–Crippen LogP) is 0.842. The third-order valence-electron chi connectivity index (χ3n) is 4.72. The Morgan fingerprint density at radius 1 is 1.32 bits per heavy atom. The Labute approximate surface area is 147 Å². The monoisotopic (exact) mass is 391 g/mol. The molecule has 3 rings (SSSR count). The fourth-order valence-electron chi connectivity index (χ4n) is 3.39. The van der Waals surface area contributed by atoms with Gasteiger partial charge in [0.1, 0.15) is 10.7 Å². The Balaban J connectivity index is 1.87. The first-order valence-electron chi connectivity index (χ1n) is 8.24. The molecule has 2 fully saturated rings. The van der Waals surface area contributed by atoms with Gasteiger partial charge < -0.3 is 10.1 Å². The third kappa shape index (κ3) is 4.05. The van der Waals surface area contributed by atoms with E-state index >= 15 is 0 Å². The van der Waals surface area contributed by atoms with E-state index in [0.29, 0.717) is 18.7 Å². The van der Waals surface area contributed by atoms with Crippen molar-refractivity contribution in [3.8, 4) is 0 Å². The van der Waals surface area contributed by atoms with Gasteiger partial charge in [0.25, 0.3) is 0 Å². The molecule has 0 radical (unpaired) electrons. The zero-order chi connectivity index (χ0) is 18.2. The summed E-state index contributed by atoms with van der Waals surface area (Å²) in [7, 11) is -7.62. The summed E-state index contributed by atoms with van der Waals surface area (Å²) in [4.78, 5) is -0.432. The fourth-order valence-corrected chi connectivity index (χ4v) is 8.26. The standard InChI is InChI=1S/C16H22FNO5S2/c1-11-4-5-13(17)15(7-11)25(21,22)16-10-24(19,20)9-14(16)18-8-12-3-2-6-23-12/h4-5,7,12,14,16,18H,2-3,6,8-10H2,1H3/t12?,14-,16-/m0/s1. The SMILES string of the molecule is Cc1ccc(F)c(S(=O)(=O)[C@H]2CS(=O)(=O)C[C@@H]2NCC2CCCO2)c1. The van der Waals surface area contributed by atoms with E-state index in [9.17, 15) is 21.2 Å². The van der Waals surface area contributed by atoms with Crippen LogP contribution in [0.25, 0.3) is 0 Å². The van der Waals surface area contributed by atoms with Crippen LogP contribution in [0.5, 0.6) is 0 Å². The molecule has 2 aliphatic rings. The summed E-state index contributed by atoms with van der Waals surface area (Å²) in [5, 5.41) is 1.83. The normalized spacial score (nSPS) is 29.1. The van der Waals surface area contributed by atoms with E-state index < -0.39 is 47.4 Å². The molecule has 3 atom stereocenters. The average molecular weight is 391 g/mol. The maximum Gasteiger partial charge on any atom is 0.186 e. The maximum atomic E-state index is 14.1. The Morgan fingerprint density at radius 2 is 2.08 bits per heavy atom. The average Bonchev–Trinajstić information content (AvgIpc) is 3.14. The summed E-state index contributed by atoms with van der Waals surface area (Å²) in [5.74, 6) is -1.61. The first-order chi connectivity index (χ1) is 11.7. The largest absolute Gasteiger partial charge is 0.377 e. The van der Waals surface area contributed by atoms with Crippen molar-refractivity contribution in [1.82, 2.24) is 5.32 Å². The van der Waals surface area contributed by atoms with Gasteiger partial charge in [0.2, 0.25) is 0 Å². The van der Waals surface area contributed by atoms with Crippen LogP contribution in [-0.4, -0.2) is 58.9 Å². The van der Waals surface area contributed by atoms with Gasteiger partial charge in [0.05, 0.1) is 22.9 Å². The molecular formula is C16H22FNO5S2. The summed E-state index contributed by atoms with van der Waals surface area (Å²) in [6.45, 7) is 2.71. The molecule has 0 spiro atoms. The van der Waals surface area contributed by atoms with E-state index in [-0.39, 0.29) is 11.9 Å². The first kappa shape index (κ1) is 18.8. The molecule has 0 aromatic heterocycles. The van der Waals surface area contributed by atoms with E-state index in [4.69, 9.17) is 4.74 Å². The zero-order valence-electron chi connectivity index (χ0n) is 13.9. The second-order valence-corrected chi connectivity index (χ2v) is 11.0. The maximum absolute atomic E-state index is 14.1. The summed E-state index contributed by atoms with van der Waals surface area (Å²) in [6, 6.07) is 3.07. The van der Waals surface area contributed by atoms with Gasteiger partial charge in [-0.2, -0.15) is 0 Å². The molecule has 0 aliphatic carbocycles. The van der Waals surface area contributed by atoms with Gasteiger partial charge in [-0.05, 0) is 37.5 Å². The molecule has 140 valence electrons. The summed E-state index contributed by atoms with van der Waals surface area (Å²) in [6.07, 6.45) is 1.75. The van der Waals surface area contributed by atoms with Crippen LogP contribution >= 0.6 is 0 Å². The lowest BCUT2D eigenvalue weighted by molar-refractivity contribution is 0.108. The van der Waals surface area contributed by atoms with Crippen molar-refractivity contribution in [3.05, 3.63) is 29.6 Å². The van der Waals surface area contributed by atoms with E-state index in [1.165, 1.54) is 12.1 Å². The summed E-state index contributed by atoms with van der Waals surface area (Å²) < 4.78 is 69.5. The minimum absolute atomic E-state index is 0.0395. The van der Waals surface area contributed by atoms with Gasteiger partial charge >= 0.3 is 0 Å². The van der Waals surface area contributed by atoms with Crippen LogP contribution in [0.2, 0.25) is 0 Å². The van der Waals surface area contributed by atoms with Crippen molar-refractivity contribution < 1.29 is 26.0 Å². The molecule has 0 amide bonds. The number of ether oxygens (including phenoxy) is 1. The Bertz CT molecular complexity index is 847. The molecule has 1 aromatic rings. The van der Waals surface area contributed by atoms with Crippen LogP contribution in [0, 0.1) is 12.7 Å². The highest BCUT2D eigenvalue weighted by Crippen LogP contribution is 2.28. The molecule has 0 bridgehead atoms. The van der Waals surface area contributed by atoms with E-state index in [1.807, 2.05) is 0 Å². The van der Waals surface area contributed by atoms with Crippen molar-refractivity contribution in [2.75, 3.05) is 24.7 Å². The lowest BCUT2D eigenvalue weighted by atomic mass is 10.2. The second kappa shape index (κ2) is 6.94. The van der Waals surface area contributed by atoms with Crippen molar-refractivity contribution in [3.63, 3.8) is 0 Å². The number of rotatable bonds is 5. The number of benzene rings is 1. The minimum Gasteiger partial charge on any atom is -0.377 e. The lowest BCUT2D eigenvalue weighted by Crippen LogP contribution is -2.46. The van der Waals surface area contributed by atoms with Crippen molar-refractivity contribution >= 4 is 19.7 Å². The summed E-state index contributed by atoms with van der Waals surface area (Å²) in [5.41, 5.74) is 0.602. The number of hydrogen-bond donors (Lipinski definition) is 1. The Morgan fingerprint density at radius 3 is 2.76 bits per heavy atom. The number of hydrogen-bond acceptors (Lipinski definition) is 6. The number of nitrogens with one attached hydrogen (secondary N) is 1. The third-order valence-corrected chi connectivity index (χ3v) is 8.89. The van der Waals surface area contributed by atoms with E-state index in [0.717, 1.165) is 18.9 Å². The second-order valence-electron chi connectivity index (χ2n) is 6.74. The van der Waals surface area contributed by atoms with Crippen molar-refractivity contribution in [2.45, 2.75) is 42.1 Å². The molecule has 1 N–H and O–H groups in total. The highest BCUT2D eigenvalue weighted by Gasteiger charge is 2.46. The molecule has 25 heavy (non-hydrogen) atoms. The highest BCUT2D eigenvalue weighted by molar-refractivity contribution is 7.96. The van der Waals surface area contributed by atoms with Gasteiger partial charge in [-0.1, -0.05) is 6.07 Å². The van der Waals surface area contributed by atoms with Crippen LogP contribution in [-0.2, 0) is 24.4 Å².